The van der Waals surface area contributed by atoms with Crippen molar-refractivity contribution in [1.82, 2.24) is 9.97 Å². The quantitative estimate of drug-likeness (QED) is 0.942. The zero-order valence-electron chi connectivity index (χ0n) is 10.5. The number of methoxy groups -OCH3 is 1. The molecule has 2 aromatic rings. The topological polar surface area (TPSA) is 55.0 Å². The summed E-state index contributed by atoms with van der Waals surface area (Å²) < 4.78 is 42.8. The van der Waals surface area contributed by atoms with E-state index < -0.39 is 17.3 Å². The number of aromatic nitrogens is 2. The van der Waals surface area contributed by atoms with Gasteiger partial charge in [-0.3, -0.25) is 4.79 Å². The highest BCUT2D eigenvalue weighted by atomic mass is 19.4. The van der Waals surface area contributed by atoms with Crippen LogP contribution in [0.1, 0.15) is 11.3 Å². The van der Waals surface area contributed by atoms with Gasteiger partial charge in [0.15, 0.2) is 0 Å². The average Bonchev–Trinajstić information content (AvgIpc) is 2.37. The zero-order valence-corrected chi connectivity index (χ0v) is 10.5. The number of H-pyrrole nitrogens is 1. The Bertz CT molecular complexity index is 665. The summed E-state index contributed by atoms with van der Waals surface area (Å²) in [4.78, 5) is 17.9. The van der Waals surface area contributed by atoms with Gasteiger partial charge in [0.25, 0.3) is 5.56 Å². The highest BCUT2D eigenvalue weighted by Gasteiger charge is 2.30. The van der Waals surface area contributed by atoms with E-state index in [4.69, 9.17) is 4.74 Å². The number of hydrogen-bond donors (Lipinski definition) is 1. The monoisotopic (exact) mass is 284 g/mol. The van der Waals surface area contributed by atoms with Gasteiger partial charge in [0.05, 0.1) is 17.9 Å². The molecule has 0 saturated heterocycles. The van der Waals surface area contributed by atoms with E-state index >= 15 is 0 Å². The Labute approximate surface area is 112 Å². The third-order valence-corrected chi connectivity index (χ3v) is 2.55. The molecule has 0 fully saturated rings. The molecule has 0 saturated carbocycles. The summed E-state index contributed by atoms with van der Waals surface area (Å²) in [6.07, 6.45) is -4.44. The lowest BCUT2D eigenvalue weighted by Crippen LogP contribution is -2.11. The Morgan fingerprint density at radius 2 is 2.05 bits per heavy atom. The lowest BCUT2D eigenvalue weighted by atomic mass is 10.1. The van der Waals surface area contributed by atoms with Crippen LogP contribution in [-0.4, -0.2) is 17.1 Å². The Hall–Kier alpha value is -2.15. The second kappa shape index (κ2) is 5.46. The van der Waals surface area contributed by atoms with Crippen LogP contribution in [0.3, 0.4) is 0 Å². The van der Waals surface area contributed by atoms with Crippen LogP contribution in [-0.2, 0) is 17.5 Å². The van der Waals surface area contributed by atoms with Crippen LogP contribution in [0.5, 0.6) is 0 Å². The fraction of sp³-hybridized carbons (Fsp3) is 0.231. The second-order valence-corrected chi connectivity index (χ2v) is 4.10. The van der Waals surface area contributed by atoms with Crippen LogP contribution in [0.25, 0.3) is 11.4 Å². The lowest BCUT2D eigenvalue weighted by molar-refractivity contribution is -0.137. The normalized spacial score (nSPS) is 11.6. The first kappa shape index (κ1) is 14.3. The number of benzene rings is 1. The molecule has 1 aromatic heterocycles. The van der Waals surface area contributed by atoms with Crippen LogP contribution in [0, 0.1) is 0 Å². The molecule has 0 atom stereocenters. The average molecular weight is 284 g/mol. The molecule has 0 aliphatic carbocycles. The van der Waals surface area contributed by atoms with Crippen molar-refractivity contribution in [3.63, 3.8) is 0 Å². The van der Waals surface area contributed by atoms with Gasteiger partial charge >= 0.3 is 6.18 Å². The van der Waals surface area contributed by atoms with Crippen LogP contribution < -0.4 is 5.56 Å². The van der Waals surface area contributed by atoms with Crippen LogP contribution in [0.4, 0.5) is 13.2 Å². The van der Waals surface area contributed by atoms with E-state index in [-0.39, 0.29) is 18.0 Å². The van der Waals surface area contributed by atoms with Crippen molar-refractivity contribution >= 4 is 0 Å². The van der Waals surface area contributed by atoms with Crippen molar-refractivity contribution in [3.05, 3.63) is 51.9 Å². The molecule has 0 amide bonds. The molecule has 1 heterocycles. The van der Waals surface area contributed by atoms with Gasteiger partial charge in [-0.1, -0.05) is 12.1 Å². The van der Waals surface area contributed by atoms with Crippen molar-refractivity contribution in [2.24, 2.45) is 0 Å². The third-order valence-electron chi connectivity index (χ3n) is 2.55. The van der Waals surface area contributed by atoms with E-state index in [1.54, 1.807) is 0 Å². The van der Waals surface area contributed by atoms with E-state index in [1.807, 2.05) is 0 Å². The fourth-order valence-corrected chi connectivity index (χ4v) is 1.71. The number of ether oxygens (including phenoxy) is 1. The maximum atomic E-state index is 12.7. The number of nitrogens with zero attached hydrogens (tertiary/aromatic N) is 1. The molecule has 4 nitrogen and oxygen atoms in total. The SMILES string of the molecule is COCc1cc(=O)[nH]c(-c2cccc(C(F)(F)F)c2)n1. The van der Waals surface area contributed by atoms with Gasteiger partial charge < -0.3 is 9.72 Å². The van der Waals surface area contributed by atoms with Crippen molar-refractivity contribution in [1.29, 1.82) is 0 Å². The van der Waals surface area contributed by atoms with E-state index in [2.05, 4.69) is 9.97 Å². The van der Waals surface area contributed by atoms with Gasteiger partial charge in [0, 0.05) is 18.7 Å². The molecule has 0 spiro atoms. The predicted molar refractivity (Wildman–Crippen MR) is 66.0 cm³/mol. The largest absolute Gasteiger partial charge is 0.416 e. The second-order valence-electron chi connectivity index (χ2n) is 4.10. The molecule has 0 aliphatic rings. The Morgan fingerprint density at radius 3 is 2.70 bits per heavy atom. The van der Waals surface area contributed by atoms with E-state index in [1.165, 1.54) is 25.3 Å². The third kappa shape index (κ3) is 3.24. The molecule has 7 heteroatoms. The van der Waals surface area contributed by atoms with E-state index in [0.717, 1.165) is 12.1 Å². The molecule has 1 aromatic carbocycles. The summed E-state index contributed by atoms with van der Waals surface area (Å²) in [5.74, 6) is 0.0793. The smallest absolute Gasteiger partial charge is 0.378 e. The first-order chi connectivity index (χ1) is 9.40. The Kier molecular flexibility index (Phi) is 3.89. The van der Waals surface area contributed by atoms with Crippen LogP contribution in [0.2, 0.25) is 0 Å². The highest BCUT2D eigenvalue weighted by Crippen LogP contribution is 2.31. The molecule has 0 bridgehead atoms. The summed E-state index contributed by atoms with van der Waals surface area (Å²) in [7, 11) is 1.44. The number of halogens is 3. The zero-order chi connectivity index (χ0) is 14.8. The van der Waals surface area contributed by atoms with Gasteiger partial charge in [-0.25, -0.2) is 4.98 Å². The molecule has 20 heavy (non-hydrogen) atoms. The molecule has 1 N–H and O–H groups in total. The molecule has 2 rings (SSSR count). The van der Waals surface area contributed by atoms with Crippen molar-refractivity contribution in [2.45, 2.75) is 12.8 Å². The van der Waals surface area contributed by atoms with Gasteiger partial charge in [-0.15, -0.1) is 0 Å². The summed E-state index contributed by atoms with van der Waals surface area (Å²) in [6.45, 7) is 0.107. The van der Waals surface area contributed by atoms with Gasteiger partial charge in [-0.2, -0.15) is 13.2 Å². The first-order valence-electron chi connectivity index (χ1n) is 5.67. The maximum absolute atomic E-state index is 12.7. The molecule has 106 valence electrons. The number of aromatic amines is 1. The number of hydrogen-bond acceptors (Lipinski definition) is 3. The van der Waals surface area contributed by atoms with Gasteiger partial charge in [0.2, 0.25) is 0 Å². The predicted octanol–water partition coefficient (Wildman–Crippen LogP) is 2.60. The number of alkyl halides is 3. The molecule has 0 aliphatic heterocycles. The van der Waals surface area contributed by atoms with Crippen molar-refractivity contribution in [2.75, 3.05) is 7.11 Å². The minimum Gasteiger partial charge on any atom is -0.378 e. The first-order valence-corrected chi connectivity index (χ1v) is 5.67. The minimum absolute atomic E-state index is 0.0793. The summed E-state index contributed by atoms with van der Waals surface area (Å²) in [6, 6.07) is 5.85. The fourth-order valence-electron chi connectivity index (χ4n) is 1.71. The standard InChI is InChI=1S/C13H11F3N2O2/c1-20-7-10-6-11(19)18-12(17-10)8-3-2-4-9(5-8)13(14,15)16/h2-6H,7H2,1H3,(H,17,18,19). The molecule has 0 radical (unpaired) electrons. The van der Waals surface area contributed by atoms with Crippen LogP contribution in [0.15, 0.2) is 35.1 Å². The minimum atomic E-state index is -4.44. The lowest BCUT2D eigenvalue weighted by Gasteiger charge is -2.09. The van der Waals surface area contributed by atoms with Crippen molar-refractivity contribution < 1.29 is 17.9 Å². The van der Waals surface area contributed by atoms with Gasteiger partial charge in [0.1, 0.15) is 5.82 Å². The Morgan fingerprint density at radius 1 is 1.30 bits per heavy atom. The van der Waals surface area contributed by atoms with Crippen molar-refractivity contribution in [3.8, 4) is 11.4 Å². The summed E-state index contributed by atoms with van der Waals surface area (Å²) in [5.41, 5.74) is -0.701. The number of rotatable bonds is 3. The van der Waals surface area contributed by atoms with Gasteiger partial charge in [-0.05, 0) is 12.1 Å². The molecular formula is C13H11F3N2O2. The Balaban J connectivity index is 2.49. The van der Waals surface area contributed by atoms with E-state index in [9.17, 15) is 18.0 Å². The summed E-state index contributed by atoms with van der Waals surface area (Å²) >= 11 is 0. The van der Waals surface area contributed by atoms with Crippen LogP contribution >= 0.6 is 0 Å². The molecule has 0 unspecified atom stereocenters. The van der Waals surface area contributed by atoms with E-state index in [0.29, 0.717) is 5.69 Å². The number of nitrogens with one attached hydrogen (secondary N) is 1. The highest BCUT2D eigenvalue weighted by molar-refractivity contribution is 5.56. The summed E-state index contributed by atoms with van der Waals surface area (Å²) in [5, 5.41) is 0. The molecular weight excluding hydrogens is 273 g/mol. The maximum Gasteiger partial charge on any atom is 0.416 e.